The van der Waals surface area contributed by atoms with Crippen LogP contribution in [0, 0.1) is 6.92 Å². The lowest BCUT2D eigenvalue weighted by atomic mass is 9.83. The van der Waals surface area contributed by atoms with Gasteiger partial charge in [-0.15, -0.1) is 0 Å². The second-order valence-electron chi connectivity index (χ2n) is 5.97. The first-order valence-electron chi connectivity index (χ1n) is 8.14. The monoisotopic (exact) mass is 374 g/mol. The standard InChI is InChI=1S/C19H19ClN2O4/c1-4-22-10(2)9-13-15(18(22)23)14(11-5-7-12(20)8-6-11)16(17(21)26-13)19(24)25-3/h5-9,14H,4,21H2,1-3H3. The van der Waals surface area contributed by atoms with Gasteiger partial charge < -0.3 is 19.8 Å². The molecule has 26 heavy (non-hydrogen) atoms. The van der Waals surface area contributed by atoms with Crippen LogP contribution in [-0.4, -0.2) is 17.6 Å². The molecule has 0 aliphatic carbocycles. The second-order valence-corrected chi connectivity index (χ2v) is 6.41. The molecule has 136 valence electrons. The minimum atomic E-state index is -0.700. The number of carbonyl (C=O) groups excluding carboxylic acids is 1. The number of benzene rings is 1. The van der Waals surface area contributed by atoms with Crippen LogP contribution in [0.15, 0.2) is 46.6 Å². The van der Waals surface area contributed by atoms with Crippen LogP contribution in [0.3, 0.4) is 0 Å². The maximum Gasteiger partial charge on any atom is 0.340 e. The lowest BCUT2D eigenvalue weighted by Gasteiger charge is -2.28. The number of carbonyl (C=O) groups is 1. The molecule has 2 N–H and O–H groups in total. The number of fused-ring (bicyclic) bond motifs is 1. The molecule has 1 aromatic carbocycles. The van der Waals surface area contributed by atoms with Crippen molar-refractivity contribution in [3.8, 4) is 5.75 Å². The number of nitrogens with zero attached hydrogens (tertiary/aromatic N) is 1. The van der Waals surface area contributed by atoms with Gasteiger partial charge in [0.2, 0.25) is 5.88 Å². The fraction of sp³-hybridized carbons (Fsp3) is 0.263. The number of methoxy groups -OCH3 is 1. The molecule has 1 aromatic heterocycles. The predicted octanol–water partition coefficient (Wildman–Crippen LogP) is 2.70. The smallest absolute Gasteiger partial charge is 0.340 e. The molecule has 0 fully saturated rings. The number of hydrogen-bond acceptors (Lipinski definition) is 5. The SMILES string of the molecule is CCn1c(C)cc2c(c1=O)C(c1ccc(Cl)cc1)C(C(=O)OC)=C(N)O2. The van der Waals surface area contributed by atoms with Crippen molar-refractivity contribution in [2.75, 3.05) is 7.11 Å². The Morgan fingerprint density at radius 1 is 1.35 bits per heavy atom. The molecule has 0 saturated carbocycles. The van der Waals surface area contributed by atoms with Crippen LogP contribution in [0.1, 0.15) is 29.7 Å². The number of nitrogens with two attached hydrogens (primary N) is 1. The molecule has 1 unspecified atom stereocenters. The minimum absolute atomic E-state index is 0.0719. The molecule has 6 nitrogen and oxygen atoms in total. The van der Waals surface area contributed by atoms with Crippen molar-refractivity contribution in [3.05, 3.63) is 74.0 Å². The molecule has 2 heterocycles. The minimum Gasteiger partial charge on any atom is -0.465 e. The fourth-order valence-corrected chi connectivity index (χ4v) is 3.40. The summed E-state index contributed by atoms with van der Waals surface area (Å²) in [5, 5.41) is 0.549. The molecule has 0 bridgehead atoms. The molecule has 7 heteroatoms. The fourth-order valence-electron chi connectivity index (χ4n) is 3.28. The van der Waals surface area contributed by atoms with E-state index in [-0.39, 0.29) is 17.0 Å². The summed E-state index contributed by atoms with van der Waals surface area (Å²) >= 11 is 5.99. The Bertz CT molecular complexity index is 961. The van der Waals surface area contributed by atoms with Crippen molar-refractivity contribution in [2.45, 2.75) is 26.3 Å². The van der Waals surface area contributed by atoms with Gasteiger partial charge in [-0.05, 0) is 31.5 Å². The molecule has 0 radical (unpaired) electrons. The molecule has 0 saturated heterocycles. The summed E-state index contributed by atoms with van der Waals surface area (Å²) in [7, 11) is 1.26. The molecule has 0 spiro atoms. The Kier molecular flexibility index (Phi) is 4.78. The van der Waals surface area contributed by atoms with Gasteiger partial charge >= 0.3 is 5.97 Å². The van der Waals surface area contributed by atoms with Crippen LogP contribution in [0.25, 0.3) is 0 Å². The molecular formula is C19H19ClN2O4. The first kappa shape index (κ1) is 18.1. The summed E-state index contributed by atoms with van der Waals surface area (Å²) in [6.45, 7) is 4.20. The quantitative estimate of drug-likeness (QED) is 0.835. The highest BCUT2D eigenvalue weighted by Gasteiger charge is 2.38. The van der Waals surface area contributed by atoms with Gasteiger partial charge in [0, 0.05) is 23.3 Å². The third-order valence-corrected chi connectivity index (χ3v) is 4.75. The lowest BCUT2D eigenvalue weighted by Crippen LogP contribution is -2.34. The number of ether oxygens (including phenoxy) is 2. The van der Waals surface area contributed by atoms with Gasteiger partial charge in [0.1, 0.15) is 11.3 Å². The third-order valence-electron chi connectivity index (χ3n) is 4.49. The van der Waals surface area contributed by atoms with Crippen LogP contribution in [0.2, 0.25) is 5.02 Å². The van der Waals surface area contributed by atoms with Crippen LogP contribution < -0.4 is 16.0 Å². The van der Waals surface area contributed by atoms with Crippen molar-refractivity contribution >= 4 is 17.6 Å². The number of hydrogen-bond donors (Lipinski definition) is 1. The van der Waals surface area contributed by atoms with Gasteiger partial charge in [-0.2, -0.15) is 0 Å². The zero-order valence-corrected chi connectivity index (χ0v) is 15.5. The zero-order valence-electron chi connectivity index (χ0n) is 14.7. The Hall–Kier alpha value is -2.73. The van der Waals surface area contributed by atoms with E-state index in [1.807, 2.05) is 13.8 Å². The number of aryl methyl sites for hydroxylation is 1. The van der Waals surface area contributed by atoms with E-state index < -0.39 is 11.9 Å². The average molecular weight is 375 g/mol. The molecule has 0 amide bonds. The molecule has 3 rings (SSSR count). The number of aromatic nitrogens is 1. The second kappa shape index (κ2) is 6.88. The van der Waals surface area contributed by atoms with E-state index in [2.05, 4.69) is 0 Å². The number of pyridine rings is 1. The summed E-state index contributed by atoms with van der Waals surface area (Å²) in [6, 6.07) is 8.67. The van der Waals surface area contributed by atoms with E-state index in [1.165, 1.54) is 7.11 Å². The van der Waals surface area contributed by atoms with E-state index in [0.717, 1.165) is 5.69 Å². The Morgan fingerprint density at radius 3 is 2.58 bits per heavy atom. The Morgan fingerprint density at radius 2 is 2.00 bits per heavy atom. The van der Waals surface area contributed by atoms with E-state index in [0.29, 0.717) is 28.4 Å². The number of rotatable bonds is 3. The van der Waals surface area contributed by atoms with Crippen molar-refractivity contribution in [1.29, 1.82) is 0 Å². The third kappa shape index (κ3) is 2.86. The van der Waals surface area contributed by atoms with Gasteiger partial charge in [-0.25, -0.2) is 4.79 Å². The first-order chi connectivity index (χ1) is 12.4. The van der Waals surface area contributed by atoms with Crippen molar-refractivity contribution in [2.24, 2.45) is 5.73 Å². The number of halogens is 1. The van der Waals surface area contributed by atoms with E-state index in [4.69, 9.17) is 26.8 Å². The zero-order chi connectivity index (χ0) is 19.0. The average Bonchev–Trinajstić information content (AvgIpc) is 2.61. The highest BCUT2D eigenvalue weighted by atomic mass is 35.5. The molecule has 1 aliphatic heterocycles. The van der Waals surface area contributed by atoms with Crippen LogP contribution >= 0.6 is 11.6 Å². The van der Waals surface area contributed by atoms with Crippen LogP contribution in [-0.2, 0) is 16.1 Å². The van der Waals surface area contributed by atoms with Crippen LogP contribution in [0.4, 0.5) is 0 Å². The Labute approximate surface area is 155 Å². The normalized spacial score (nSPS) is 16.1. The maximum absolute atomic E-state index is 13.1. The molecular weight excluding hydrogens is 356 g/mol. The molecule has 1 aliphatic rings. The van der Waals surface area contributed by atoms with Crippen molar-refractivity contribution in [1.82, 2.24) is 4.57 Å². The Balaban J connectivity index is 2.34. The summed E-state index contributed by atoms with van der Waals surface area (Å²) in [5.74, 6) is -1.06. The van der Waals surface area contributed by atoms with Crippen molar-refractivity contribution in [3.63, 3.8) is 0 Å². The summed E-state index contributed by atoms with van der Waals surface area (Å²) in [5.41, 5.74) is 7.70. The predicted molar refractivity (Wildman–Crippen MR) is 98.3 cm³/mol. The first-order valence-corrected chi connectivity index (χ1v) is 8.52. The van der Waals surface area contributed by atoms with E-state index in [9.17, 15) is 9.59 Å². The van der Waals surface area contributed by atoms with Crippen molar-refractivity contribution < 1.29 is 14.3 Å². The van der Waals surface area contributed by atoms with E-state index >= 15 is 0 Å². The van der Waals surface area contributed by atoms with Crippen LogP contribution in [0.5, 0.6) is 5.75 Å². The lowest BCUT2D eigenvalue weighted by molar-refractivity contribution is -0.136. The summed E-state index contributed by atoms with van der Waals surface area (Å²) in [6.07, 6.45) is 0. The van der Waals surface area contributed by atoms with Gasteiger partial charge in [0.15, 0.2) is 0 Å². The highest BCUT2D eigenvalue weighted by Crippen LogP contribution is 2.41. The molecule has 1 atom stereocenters. The highest BCUT2D eigenvalue weighted by molar-refractivity contribution is 6.30. The van der Waals surface area contributed by atoms with Gasteiger partial charge in [-0.3, -0.25) is 4.79 Å². The summed E-state index contributed by atoms with van der Waals surface area (Å²) in [4.78, 5) is 25.5. The number of esters is 1. The topological polar surface area (TPSA) is 83.5 Å². The molecule has 2 aromatic rings. The maximum atomic E-state index is 13.1. The van der Waals surface area contributed by atoms with Gasteiger partial charge in [0.05, 0.1) is 18.6 Å². The van der Waals surface area contributed by atoms with Gasteiger partial charge in [0.25, 0.3) is 5.56 Å². The van der Waals surface area contributed by atoms with E-state index in [1.54, 1.807) is 34.9 Å². The van der Waals surface area contributed by atoms with Gasteiger partial charge in [-0.1, -0.05) is 23.7 Å². The summed E-state index contributed by atoms with van der Waals surface area (Å²) < 4.78 is 12.1. The largest absolute Gasteiger partial charge is 0.465 e.